The lowest BCUT2D eigenvalue weighted by molar-refractivity contribution is -0.142. The van der Waals surface area contributed by atoms with Gasteiger partial charge in [-0.05, 0) is 31.2 Å². The van der Waals surface area contributed by atoms with Crippen LogP contribution < -0.4 is 5.32 Å². The smallest absolute Gasteiger partial charge is 0.307 e. The largest absolute Gasteiger partial charge is 0.466 e. The molecule has 0 saturated carbocycles. The number of nitrogens with zero attached hydrogens (tertiary/aromatic N) is 2. The Balaban J connectivity index is 1.81. The third-order valence-corrected chi connectivity index (χ3v) is 2.65. The molecule has 21 heavy (non-hydrogen) atoms. The minimum atomic E-state index is -0.320. The van der Waals surface area contributed by atoms with Crippen molar-refractivity contribution in [1.29, 1.82) is 0 Å². The van der Waals surface area contributed by atoms with E-state index in [-0.39, 0.29) is 18.2 Å². The van der Waals surface area contributed by atoms with Crippen LogP contribution in [0.1, 0.15) is 19.2 Å². The van der Waals surface area contributed by atoms with Crippen LogP contribution in [0.5, 0.6) is 0 Å². The summed E-state index contributed by atoms with van der Waals surface area (Å²) in [5.41, 5.74) is 0.654. The first-order valence-corrected chi connectivity index (χ1v) is 6.64. The molecular formula is C14H16FN3O3. The Bertz CT molecular complexity index is 583. The van der Waals surface area contributed by atoms with Crippen molar-refractivity contribution < 1.29 is 18.4 Å². The molecular weight excluding hydrogens is 277 g/mol. The van der Waals surface area contributed by atoms with Gasteiger partial charge in [0.2, 0.25) is 0 Å². The number of nitrogens with one attached hydrogen (secondary N) is 1. The van der Waals surface area contributed by atoms with Gasteiger partial charge in [0.1, 0.15) is 5.82 Å². The van der Waals surface area contributed by atoms with Crippen LogP contribution in [0.4, 0.5) is 4.39 Å². The average Bonchev–Trinajstić information content (AvgIpc) is 2.93. The monoisotopic (exact) mass is 293 g/mol. The Morgan fingerprint density at radius 1 is 1.38 bits per heavy atom. The molecule has 0 bridgehead atoms. The van der Waals surface area contributed by atoms with Crippen LogP contribution in [-0.2, 0) is 16.1 Å². The lowest BCUT2D eigenvalue weighted by Crippen LogP contribution is -2.19. The van der Waals surface area contributed by atoms with Crippen LogP contribution in [0.2, 0.25) is 0 Å². The molecule has 7 heteroatoms. The van der Waals surface area contributed by atoms with E-state index in [0.29, 0.717) is 37.0 Å². The van der Waals surface area contributed by atoms with E-state index >= 15 is 0 Å². The summed E-state index contributed by atoms with van der Waals surface area (Å²) in [7, 11) is 0. The van der Waals surface area contributed by atoms with E-state index in [1.54, 1.807) is 19.1 Å². The quantitative estimate of drug-likeness (QED) is 0.621. The third kappa shape index (κ3) is 4.64. The molecule has 1 aromatic carbocycles. The second-order valence-corrected chi connectivity index (χ2v) is 4.25. The van der Waals surface area contributed by atoms with Gasteiger partial charge in [-0.1, -0.05) is 5.16 Å². The minimum absolute atomic E-state index is 0.245. The molecule has 0 fully saturated rings. The van der Waals surface area contributed by atoms with Crippen molar-refractivity contribution >= 4 is 5.97 Å². The molecule has 0 radical (unpaired) electrons. The highest BCUT2D eigenvalue weighted by Crippen LogP contribution is 2.17. The zero-order valence-corrected chi connectivity index (χ0v) is 11.6. The maximum atomic E-state index is 12.8. The van der Waals surface area contributed by atoms with Gasteiger partial charge >= 0.3 is 5.97 Å². The van der Waals surface area contributed by atoms with Crippen molar-refractivity contribution in [3.05, 3.63) is 35.9 Å². The summed E-state index contributed by atoms with van der Waals surface area (Å²) in [5, 5.41) is 6.83. The second kappa shape index (κ2) is 7.49. The number of hydrogen-bond donors (Lipinski definition) is 1. The zero-order chi connectivity index (χ0) is 15.1. The predicted molar refractivity (Wildman–Crippen MR) is 72.6 cm³/mol. The second-order valence-electron chi connectivity index (χ2n) is 4.25. The molecule has 1 aromatic heterocycles. The fraction of sp³-hybridized carbons (Fsp3) is 0.357. The molecule has 0 spiro atoms. The number of halogens is 1. The first-order valence-electron chi connectivity index (χ1n) is 6.64. The molecule has 0 atom stereocenters. The van der Waals surface area contributed by atoms with E-state index < -0.39 is 0 Å². The molecule has 2 aromatic rings. The number of benzene rings is 1. The van der Waals surface area contributed by atoms with Crippen LogP contribution in [0.3, 0.4) is 0 Å². The zero-order valence-electron chi connectivity index (χ0n) is 11.6. The summed E-state index contributed by atoms with van der Waals surface area (Å²) in [4.78, 5) is 15.3. The molecule has 0 amide bonds. The fourth-order valence-corrected chi connectivity index (χ4v) is 1.66. The maximum absolute atomic E-state index is 12.8. The van der Waals surface area contributed by atoms with Gasteiger partial charge in [0.15, 0.2) is 5.82 Å². The van der Waals surface area contributed by atoms with Gasteiger partial charge in [-0.15, -0.1) is 0 Å². The van der Waals surface area contributed by atoms with Gasteiger partial charge in [0, 0.05) is 12.1 Å². The molecule has 0 unspecified atom stereocenters. The number of esters is 1. The lowest BCUT2D eigenvalue weighted by Gasteiger charge is -2.01. The van der Waals surface area contributed by atoms with Crippen LogP contribution in [-0.4, -0.2) is 29.3 Å². The fourth-order valence-electron chi connectivity index (χ4n) is 1.66. The Morgan fingerprint density at radius 3 is 2.86 bits per heavy atom. The normalized spacial score (nSPS) is 10.6. The van der Waals surface area contributed by atoms with E-state index in [0.717, 1.165) is 0 Å². The van der Waals surface area contributed by atoms with Crippen molar-refractivity contribution in [2.45, 2.75) is 19.9 Å². The van der Waals surface area contributed by atoms with E-state index in [1.165, 1.54) is 12.1 Å². The summed E-state index contributed by atoms with van der Waals surface area (Å²) >= 11 is 0. The number of ether oxygens (including phenoxy) is 1. The first kappa shape index (κ1) is 15.1. The van der Waals surface area contributed by atoms with Crippen LogP contribution in [0.15, 0.2) is 28.8 Å². The molecule has 0 aliphatic carbocycles. The molecule has 0 aliphatic heterocycles. The van der Waals surface area contributed by atoms with Crippen molar-refractivity contribution in [2.24, 2.45) is 0 Å². The van der Waals surface area contributed by atoms with Gasteiger partial charge in [-0.2, -0.15) is 4.98 Å². The highest BCUT2D eigenvalue weighted by molar-refractivity contribution is 5.69. The molecule has 0 aliphatic rings. The summed E-state index contributed by atoms with van der Waals surface area (Å²) in [6.45, 7) is 3.00. The summed E-state index contributed by atoms with van der Waals surface area (Å²) in [5.74, 6) is 0.236. The highest BCUT2D eigenvalue weighted by atomic mass is 19.1. The Hall–Kier alpha value is -2.28. The van der Waals surface area contributed by atoms with E-state index in [1.807, 2.05) is 0 Å². The Labute approximate surface area is 121 Å². The van der Waals surface area contributed by atoms with Gasteiger partial charge < -0.3 is 14.6 Å². The number of aromatic nitrogens is 2. The molecule has 112 valence electrons. The van der Waals surface area contributed by atoms with Crippen molar-refractivity contribution in [3.8, 4) is 11.5 Å². The summed E-state index contributed by atoms with van der Waals surface area (Å²) in [6.07, 6.45) is 0.288. The van der Waals surface area contributed by atoms with Gasteiger partial charge in [0.25, 0.3) is 5.89 Å². The summed E-state index contributed by atoms with van der Waals surface area (Å²) in [6, 6.07) is 5.80. The standard InChI is InChI=1S/C14H16FN3O3/c1-2-20-13(19)7-8-16-9-12-17-14(21-18-12)10-3-5-11(15)6-4-10/h3-6,16H,2,7-9H2,1H3. The predicted octanol–water partition coefficient (Wildman–Crippen LogP) is 1.92. The molecule has 1 heterocycles. The topological polar surface area (TPSA) is 77.2 Å². The van der Waals surface area contributed by atoms with E-state index in [2.05, 4.69) is 15.5 Å². The summed E-state index contributed by atoms with van der Waals surface area (Å²) < 4.78 is 22.7. The van der Waals surface area contributed by atoms with Crippen molar-refractivity contribution in [3.63, 3.8) is 0 Å². The lowest BCUT2D eigenvalue weighted by atomic mass is 10.2. The van der Waals surface area contributed by atoms with Crippen LogP contribution in [0.25, 0.3) is 11.5 Å². The van der Waals surface area contributed by atoms with Gasteiger partial charge in [-0.3, -0.25) is 4.79 Å². The SMILES string of the molecule is CCOC(=O)CCNCc1noc(-c2ccc(F)cc2)n1. The van der Waals surface area contributed by atoms with Crippen LogP contribution >= 0.6 is 0 Å². The maximum Gasteiger partial charge on any atom is 0.307 e. The van der Waals surface area contributed by atoms with Crippen molar-refractivity contribution in [2.75, 3.05) is 13.2 Å². The molecule has 6 nitrogen and oxygen atoms in total. The Morgan fingerprint density at radius 2 is 2.14 bits per heavy atom. The number of carbonyl (C=O) groups is 1. The van der Waals surface area contributed by atoms with Gasteiger partial charge in [-0.25, -0.2) is 4.39 Å². The first-order chi connectivity index (χ1) is 10.2. The number of carbonyl (C=O) groups excluding carboxylic acids is 1. The van der Waals surface area contributed by atoms with Crippen LogP contribution in [0, 0.1) is 5.82 Å². The molecule has 2 rings (SSSR count). The van der Waals surface area contributed by atoms with Gasteiger partial charge in [0.05, 0.1) is 19.6 Å². The number of hydrogen-bond acceptors (Lipinski definition) is 6. The van der Waals surface area contributed by atoms with E-state index in [4.69, 9.17) is 9.26 Å². The highest BCUT2D eigenvalue weighted by Gasteiger charge is 2.09. The molecule has 0 saturated heterocycles. The number of rotatable bonds is 7. The van der Waals surface area contributed by atoms with E-state index in [9.17, 15) is 9.18 Å². The molecule has 1 N–H and O–H groups in total. The Kier molecular flexibility index (Phi) is 5.39. The minimum Gasteiger partial charge on any atom is -0.466 e. The van der Waals surface area contributed by atoms with Crippen molar-refractivity contribution in [1.82, 2.24) is 15.5 Å². The third-order valence-electron chi connectivity index (χ3n) is 2.65. The average molecular weight is 293 g/mol.